The van der Waals surface area contributed by atoms with Crippen molar-refractivity contribution in [3.05, 3.63) is 80.5 Å². The number of benzene rings is 2. The molecule has 0 spiro atoms. The Balaban J connectivity index is 1.74. The van der Waals surface area contributed by atoms with Gasteiger partial charge >= 0.3 is 0 Å². The minimum absolute atomic E-state index is 0.108. The molecule has 0 unspecified atom stereocenters. The van der Waals surface area contributed by atoms with Gasteiger partial charge in [-0.3, -0.25) is 24.3 Å². The summed E-state index contributed by atoms with van der Waals surface area (Å²) in [7, 11) is 0. The Bertz CT molecular complexity index is 1300. The van der Waals surface area contributed by atoms with E-state index in [4.69, 9.17) is 0 Å². The number of nitrogens with one attached hydrogen (secondary N) is 1. The van der Waals surface area contributed by atoms with Gasteiger partial charge in [0.05, 0.1) is 28.7 Å². The second-order valence-corrected chi connectivity index (χ2v) is 6.45. The molecule has 4 aromatic rings. The summed E-state index contributed by atoms with van der Waals surface area (Å²) in [6.07, 6.45) is 3.77. The monoisotopic (exact) mass is 376 g/mol. The summed E-state index contributed by atoms with van der Waals surface area (Å²) >= 11 is 0. The van der Waals surface area contributed by atoms with Crippen molar-refractivity contribution in [1.29, 1.82) is 0 Å². The van der Waals surface area contributed by atoms with E-state index < -0.39 is 10.5 Å². The van der Waals surface area contributed by atoms with Crippen molar-refractivity contribution in [2.24, 2.45) is 0 Å². The molecule has 0 aliphatic heterocycles. The number of nitro benzene ring substituents is 1. The van der Waals surface area contributed by atoms with E-state index in [0.29, 0.717) is 11.1 Å². The van der Waals surface area contributed by atoms with Gasteiger partial charge in [-0.2, -0.15) is 0 Å². The predicted molar refractivity (Wildman–Crippen MR) is 105 cm³/mol. The van der Waals surface area contributed by atoms with Crippen LogP contribution in [0.25, 0.3) is 21.8 Å². The van der Waals surface area contributed by atoms with E-state index in [1.54, 1.807) is 6.20 Å². The molecule has 0 saturated carbocycles. The first-order valence-corrected chi connectivity index (χ1v) is 8.75. The molecule has 0 radical (unpaired) electrons. The van der Waals surface area contributed by atoms with E-state index in [-0.39, 0.29) is 23.4 Å². The van der Waals surface area contributed by atoms with Crippen molar-refractivity contribution in [2.75, 3.05) is 0 Å². The van der Waals surface area contributed by atoms with Crippen molar-refractivity contribution in [2.45, 2.75) is 19.9 Å². The summed E-state index contributed by atoms with van der Waals surface area (Å²) in [6, 6.07) is 9.66. The first kappa shape index (κ1) is 17.6. The molecule has 2 aromatic heterocycles. The highest BCUT2D eigenvalue weighted by Crippen LogP contribution is 2.23. The summed E-state index contributed by atoms with van der Waals surface area (Å²) in [5.41, 5.74) is 2.17. The Morgan fingerprint density at radius 3 is 2.82 bits per heavy atom. The predicted octanol–water partition coefficient (Wildman–Crippen LogP) is 3.23. The smallest absolute Gasteiger partial charge is 0.270 e. The van der Waals surface area contributed by atoms with Crippen LogP contribution in [0.1, 0.15) is 22.8 Å². The van der Waals surface area contributed by atoms with Crippen molar-refractivity contribution in [1.82, 2.24) is 14.5 Å². The average Bonchev–Trinajstić information content (AvgIpc) is 3.14. The Morgan fingerprint density at radius 1 is 1.25 bits per heavy atom. The number of hydrogen-bond acceptors (Lipinski definition) is 5. The van der Waals surface area contributed by atoms with Crippen LogP contribution < -0.4 is 5.56 Å². The number of nitrogens with zero attached hydrogens (tertiary/aromatic N) is 3. The fraction of sp³-hybridized carbons (Fsp3) is 0.150. The Kier molecular flexibility index (Phi) is 4.23. The SMILES string of the molecule is CCc1cccc2c(C(=O)Cn3cnc4ccc([N+](=O)[O-])cc4c3=O)c[nH]c12. The number of ketones is 1. The van der Waals surface area contributed by atoms with E-state index in [1.165, 1.54) is 29.1 Å². The second kappa shape index (κ2) is 6.73. The zero-order valence-corrected chi connectivity index (χ0v) is 15.0. The lowest BCUT2D eigenvalue weighted by Crippen LogP contribution is -2.24. The number of Topliss-reactive ketones (excluding diaryl/α,β-unsaturated/α-hetero) is 1. The van der Waals surface area contributed by atoms with Crippen molar-refractivity contribution in [3.8, 4) is 0 Å². The summed E-state index contributed by atoms with van der Waals surface area (Å²) < 4.78 is 1.18. The molecule has 0 fully saturated rings. The van der Waals surface area contributed by atoms with Crippen LogP contribution in [-0.4, -0.2) is 25.2 Å². The lowest BCUT2D eigenvalue weighted by atomic mass is 10.0. The summed E-state index contributed by atoms with van der Waals surface area (Å²) in [5, 5.41) is 11.9. The number of aromatic amines is 1. The maximum absolute atomic E-state index is 12.8. The van der Waals surface area contributed by atoms with Gasteiger partial charge in [-0.1, -0.05) is 25.1 Å². The Hall–Kier alpha value is -3.81. The molecule has 140 valence electrons. The van der Waals surface area contributed by atoms with Crippen LogP contribution in [0.5, 0.6) is 0 Å². The van der Waals surface area contributed by atoms with Crippen molar-refractivity contribution < 1.29 is 9.72 Å². The summed E-state index contributed by atoms with van der Waals surface area (Å²) in [5.74, 6) is -0.242. The number of H-pyrrole nitrogens is 1. The number of carbonyl (C=O) groups is 1. The number of para-hydroxylation sites is 1. The molecule has 2 aromatic carbocycles. The summed E-state index contributed by atoms with van der Waals surface area (Å²) in [6.45, 7) is 1.84. The molecule has 0 amide bonds. The molecular formula is C20H16N4O4. The largest absolute Gasteiger partial charge is 0.360 e. The minimum Gasteiger partial charge on any atom is -0.360 e. The normalized spacial score (nSPS) is 11.2. The molecule has 28 heavy (non-hydrogen) atoms. The molecule has 4 rings (SSSR count). The molecule has 0 aliphatic carbocycles. The molecule has 0 atom stereocenters. The average molecular weight is 376 g/mol. The maximum atomic E-state index is 12.8. The third-order valence-electron chi connectivity index (χ3n) is 4.82. The lowest BCUT2D eigenvalue weighted by molar-refractivity contribution is -0.384. The molecule has 8 nitrogen and oxygen atoms in total. The summed E-state index contributed by atoms with van der Waals surface area (Å²) in [4.78, 5) is 43.2. The third kappa shape index (κ3) is 2.84. The van der Waals surface area contributed by atoms with Crippen LogP contribution in [0, 0.1) is 10.1 Å². The number of rotatable bonds is 5. The van der Waals surface area contributed by atoms with E-state index >= 15 is 0 Å². The zero-order valence-electron chi connectivity index (χ0n) is 15.0. The topological polar surface area (TPSA) is 111 Å². The Morgan fingerprint density at radius 2 is 2.07 bits per heavy atom. The number of hydrogen-bond donors (Lipinski definition) is 1. The molecule has 2 heterocycles. The van der Waals surface area contributed by atoms with Crippen LogP contribution in [-0.2, 0) is 13.0 Å². The molecule has 0 bridgehead atoms. The van der Waals surface area contributed by atoms with Crippen molar-refractivity contribution in [3.63, 3.8) is 0 Å². The standard InChI is InChI=1S/C20H16N4O4/c1-2-12-4-3-5-14-16(9-21-19(12)14)18(25)10-23-11-22-17-7-6-13(24(27)28)8-15(17)20(23)26/h3-9,11,21H,2,10H2,1H3. The number of non-ortho nitro benzene ring substituents is 1. The fourth-order valence-corrected chi connectivity index (χ4v) is 3.36. The Labute approximate surface area is 158 Å². The fourth-order valence-electron chi connectivity index (χ4n) is 3.36. The van der Waals surface area contributed by atoms with Crippen molar-refractivity contribution >= 4 is 33.3 Å². The van der Waals surface area contributed by atoms with Gasteiger partial charge in [0.2, 0.25) is 0 Å². The van der Waals surface area contributed by atoms with Gasteiger partial charge in [-0.15, -0.1) is 0 Å². The van der Waals surface area contributed by atoms with Gasteiger partial charge < -0.3 is 4.98 Å². The number of nitro groups is 1. The molecular weight excluding hydrogens is 360 g/mol. The molecule has 8 heteroatoms. The van der Waals surface area contributed by atoms with E-state index in [1.807, 2.05) is 25.1 Å². The number of fused-ring (bicyclic) bond motifs is 2. The molecule has 1 N–H and O–H groups in total. The molecule has 0 saturated heterocycles. The van der Waals surface area contributed by atoms with Gasteiger partial charge in [0.15, 0.2) is 5.78 Å². The molecule has 0 aliphatic rings. The first-order chi connectivity index (χ1) is 13.5. The maximum Gasteiger partial charge on any atom is 0.270 e. The van der Waals surface area contributed by atoms with E-state index in [0.717, 1.165) is 22.9 Å². The zero-order chi connectivity index (χ0) is 19.8. The van der Waals surface area contributed by atoms with Crippen LogP contribution in [0.4, 0.5) is 5.69 Å². The first-order valence-electron chi connectivity index (χ1n) is 8.75. The number of aromatic nitrogens is 3. The van der Waals surface area contributed by atoms with Gasteiger partial charge in [-0.05, 0) is 18.1 Å². The number of aryl methyl sites for hydroxylation is 1. The van der Waals surface area contributed by atoms with E-state index in [9.17, 15) is 19.7 Å². The van der Waals surface area contributed by atoms with Gasteiger partial charge in [0.1, 0.15) is 0 Å². The quantitative estimate of drug-likeness (QED) is 0.327. The van der Waals surface area contributed by atoms with Crippen LogP contribution in [0.3, 0.4) is 0 Å². The van der Waals surface area contributed by atoms with Gasteiger partial charge in [0, 0.05) is 34.8 Å². The lowest BCUT2D eigenvalue weighted by Gasteiger charge is -2.06. The highest BCUT2D eigenvalue weighted by Gasteiger charge is 2.16. The highest BCUT2D eigenvalue weighted by molar-refractivity contribution is 6.08. The number of carbonyl (C=O) groups excluding carboxylic acids is 1. The third-order valence-corrected chi connectivity index (χ3v) is 4.82. The second-order valence-electron chi connectivity index (χ2n) is 6.45. The van der Waals surface area contributed by atoms with Gasteiger partial charge in [0.25, 0.3) is 11.2 Å². The van der Waals surface area contributed by atoms with Crippen LogP contribution in [0.15, 0.2) is 53.7 Å². The van der Waals surface area contributed by atoms with E-state index in [2.05, 4.69) is 9.97 Å². The van der Waals surface area contributed by atoms with Gasteiger partial charge in [-0.25, -0.2) is 4.98 Å². The van der Waals surface area contributed by atoms with Crippen LogP contribution in [0.2, 0.25) is 0 Å². The minimum atomic E-state index is -0.571. The van der Waals surface area contributed by atoms with Crippen LogP contribution >= 0.6 is 0 Å². The highest BCUT2D eigenvalue weighted by atomic mass is 16.6.